The summed E-state index contributed by atoms with van der Waals surface area (Å²) in [7, 11) is -4.52. The Morgan fingerprint density at radius 1 is 1.52 bits per heavy atom. The molecule has 2 aliphatic rings. The van der Waals surface area contributed by atoms with Crippen LogP contribution < -0.4 is 10.2 Å². The van der Waals surface area contributed by atoms with Crippen LogP contribution in [0.3, 0.4) is 0 Å². The summed E-state index contributed by atoms with van der Waals surface area (Å²) in [5.74, 6) is -0.0427. The third-order valence-electron chi connectivity index (χ3n) is 3.57. The van der Waals surface area contributed by atoms with E-state index in [2.05, 4.69) is 10.3 Å². The predicted octanol–water partition coefficient (Wildman–Crippen LogP) is 0.119. The molecule has 4 N–H and O–H groups in total. The first-order chi connectivity index (χ1) is 9.29. The molecular formula is C10H13Cl2N3O5S. The lowest BCUT2D eigenvalue weighted by Crippen LogP contribution is -2.67. The zero-order valence-electron chi connectivity index (χ0n) is 10.6. The number of fused-ring (bicyclic) bond motifs is 1. The number of nitrogens with one attached hydrogen (secondary N) is 1. The Labute approximate surface area is 131 Å². The fourth-order valence-corrected chi connectivity index (χ4v) is 3.47. The van der Waals surface area contributed by atoms with E-state index in [1.54, 1.807) is 12.3 Å². The van der Waals surface area contributed by atoms with Crippen LogP contribution in [0.25, 0.3) is 0 Å². The lowest BCUT2D eigenvalue weighted by molar-refractivity contribution is -0.0534. The van der Waals surface area contributed by atoms with Crippen LogP contribution in [-0.4, -0.2) is 48.8 Å². The Bertz CT molecular complexity index is 658. The van der Waals surface area contributed by atoms with Gasteiger partial charge in [0, 0.05) is 19.0 Å². The standard InChI is InChI=1S/C10H11Cl2N3O4S.H2O/c11-8-1-7(3-13-9(8)12)15-4-6-2-14-10(6,5-15)19-20(16,17)18;/h1,3,6,14H,2,4-5H2,(H,16,17,18);1H2/t6-,10?;/m0./s1. The highest BCUT2D eigenvalue weighted by Gasteiger charge is 2.57. The number of aromatic nitrogens is 1. The lowest BCUT2D eigenvalue weighted by atomic mass is 9.91. The van der Waals surface area contributed by atoms with Gasteiger partial charge in [-0.3, -0.25) is 9.87 Å². The SMILES string of the molecule is O.O=S(=O)(O)OC12CN(c3cnc(Cl)c(Cl)c3)C[C@@H]1CN2. The maximum absolute atomic E-state index is 10.9. The first kappa shape index (κ1) is 16.7. The van der Waals surface area contributed by atoms with Gasteiger partial charge in [0.25, 0.3) is 0 Å². The van der Waals surface area contributed by atoms with Gasteiger partial charge in [0.05, 0.1) is 23.5 Å². The Balaban J connectivity index is 0.00000161. The highest BCUT2D eigenvalue weighted by molar-refractivity contribution is 7.80. The van der Waals surface area contributed by atoms with Gasteiger partial charge in [-0.15, -0.1) is 0 Å². The third-order valence-corrected chi connectivity index (χ3v) is 4.77. The van der Waals surface area contributed by atoms with Gasteiger partial charge in [-0.25, -0.2) is 9.17 Å². The second-order valence-electron chi connectivity index (χ2n) is 4.83. The van der Waals surface area contributed by atoms with E-state index in [0.29, 0.717) is 23.8 Å². The van der Waals surface area contributed by atoms with Crippen LogP contribution in [0.5, 0.6) is 0 Å². The minimum Gasteiger partial charge on any atom is -0.412 e. The van der Waals surface area contributed by atoms with E-state index >= 15 is 0 Å². The van der Waals surface area contributed by atoms with Gasteiger partial charge in [0.15, 0.2) is 5.72 Å². The number of halogens is 2. The number of hydrogen-bond acceptors (Lipinski definition) is 6. The molecule has 118 valence electrons. The van der Waals surface area contributed by atoms with Gasteiger partial charge in [-0.2, -0.15) is 8.42 Å². The predicted molar refractivity (Wildman–Crippen MR) is 76.9 cm³/mol. The van der Waals surface area contributed by atoms with Gasteiger partial charge in [-0.1, -0.05) is 23.2 Å². The van der Waals surface area contributed by atoms with Gasteiger partial charge >= 0.3 is 10.4 Å². The van der Waals surface area contributed by atoms with Crippen molar-refractivity contribution >= 4 is 39.3 Å². The Hall–Kier alpha value is -0.680. The Kier molecular flexibility index (Phi) is 4.37. The van der Waals surface area contributed by atoms with E-state index in [1.165, 1.54) is 0 Å². The number of pyridine rings is 1. The molecule has 3 rings (SSSR count). The van der Waals surface area contributed by atoms with Crippen LogP contribution in [0.15, 0.2) is 12.3 Å². The normalized spacial score (nSPS) is 27.8. The molecule has 2 atom stereocenters. The molecular weight excluding hydrogens is 345 g/mol. The maximum Gasteiger partial charge on any atom is 0.399 e. The topological polar surface area (TPSA) is 123 Å². The minimum absolute atomic E-state index is 0. The first-order valence-corrected chi connectivity index (χ1v) is 7.90. The molecule has 1 unspecified atom stereocenters. The number of anilines is 1. The van der Waals surface area contributed by atoms with E-state index in [1.807, 2.05) is 4.90 Å². The molecule has 0 saturated carbocycles. The molecule has 0 radical (unpaired) electrons. The summed E-state index contributed by atoms with van der Waals surface area (Å²) in [4.78, 5) is 5.83. The van der Waals surface area contributed by atoms with Gasteiger partial charge in [0.1, 0.15) is 5.15 Å². The highest BCUT2D eigenvalue weighted by atomic mass is 35.5. The molecule has 2 aliphatic heterocycles. The molecule has 0 bridgehead atoms. The summed E-state index contributed by atoms with van der Waals surface area (Å²) in [6.45, 7) is 1.44. The Morgan fingerprint density at radius 2 is 2.24 bits per heavy atom. The zero-order chi connectivity index (χ0) is 14.5. The monoisotopic (exact) mass is 357 g/mol. The van der Waals surface area contributed by atoms with Gasteiger partial charge < -0.3 is 10.4 Å². The maximum atomic E-state index is 10.9. The summed E-state index contributed by atoms with van der Waals surface area (Å²) in [5.41, 5.74) is -0.367. The van der Waals surface area contributed by atoms with Crippen molar-refractivity contribution in [1.29, 1.82) is 0 Å². The van der Waals surface area contributed by atoms with E-state index in [-0.39, 0.29) is 23.1 Å². The lowest BCUT2D eigenvalue weighted by Gasteiger charge is -2.42. The summed E-state index contributed by atoms with van der Waals surface area (Å²) < 4.78 is 35.5. The first-order valence-electron chi connectivity index (χ1n) is 5.78. The molecule has 1 aromatic heterocycles. The van der Waals surface area contributed by atoms with Crippen molar-refractivity contribution in [2.75, 3.05) is 24.5 Å². The van der Waals surface area contributed by atoms with E-state index in [9.17, 15) is 8.42 Å². The summed E-state index contributed by atoms with van der Waals surface area (Å²) in [6, 6.07) is 1.66. The van der Waals surface area contributed by atoms with Crippen molar-refractivity contribution in [3.8, 4) is 0 Å². The quantitative estimate of drug-likeness (QED) is 0.581. The average molecular weight is 358 g/mol. The highest BCUT2D eigenvalue weighted by Crippen LogP contribution is 2.39. The third kappa shape index (κ3) is 3.09. The Morgan fingerprint density at radius 3 is 2.76 bits per heavy atom. The second kappa shape index (κ2) is 5.51. The average Bonchev–Trinajstić information content (AvgIpc) is 2.55. The number of nitrogens with zero attached hydrogens (tertiary/aromatic N) is 2. The molecule has 0 amide bonds. The minimum atomic E-state index is -4.52. The summed E-state index contributed by atoms with van der Waals surface area (Å²) >= 11 is 11.7. The van der Waals surface area contributed by atoms with E-state index in [0.717, 1.165) is 0 Å². The van der Waals surface area contributed by atoms with Crippen molar-refractivity contribution < 1.29 is 22.6 Å². The van der Waals surface area contributed by atoms with Crippen molar-refractivity contribution in [3.63, 3.8) is 0 Å². The molecule has 8 nitrogen and oxygen atoms in total. The molecule has 3 heterocycles. The van der Waals surface area contributed by atoms with E-state index in [4.69, 9.17) is 31.9 Å². The molecule has 0 aromatic carbocycles. The van der Waals surface area contributed by atoms with Crippen molar-refractivity contribution in [2.24, 2.45) is 5.92 Å². The smallest absolute Gasteiger partial charge is 0.399 e. The van der Waals surface area contributed by atoms with Crippen molar-refractivity contribution in [2.45, 2.75) is 5.72 Å². The molecule has 21 heavy (non-hydrogen) atoms. The van der Waals surface area contributed by atoms with Crippen LogP contribution in [-0.2, 0) is 14.6 Å². The van der Waals surface area contributed by atoms with Gasteiger partial charge in [-0.05, 0) is 6.07 Å². The molecule has 0 aliphatic carbocycles. The van der Waals surface area contributed by atoms with Crippen molar-refractivity contribution in [1.82, 2.24) is 10.3 Å². The van der Waals surface area contributed by atoms with Crippen LogP contribution in [0, 0.1) is 5.92 Å². The van der Waals surface area contributed by atoms with Crippen molar-refractivity contribution in [3.05, 3.63) is 22.4 Å². The fourth-order valence-electron chi connectivity index (χ4n) is 2.58. The van der Waals surface area contributed by atoms with Crippen LogP contribution >= 0.6 is 23.2 Å². The summed E-state index contributed by atoms with van der Waals surface area (Å²) in [5, 5.41) is 3.45. The van der Waals surface area contributed by atoms with Crippen LogP contribution in [0.1, 0.15) is 0 Å². The van der Waals surface area contributed by atoms with Gasteiger partial charge in [0.2, 0.25) is 0 Å². The number of rotatable bonds is 3. The van der Waals surface area contributed by atoms with Crippen LogP contribution in [0.4, 0.5) is 5.69 Å². The largest absolute Gasteiger partial charge is 0.412 e. The molecule has 11 heteroatoms. The van der Waals surface area contributed by atoms with E-state index < -0.39 is 16.1 Å². The molecule has 1 aromatic rings. The fraction of sp³-hybridized carbons (Fsp3) is 0.500. The zero-order valence-corrected chi connectivity index (χ0v) is 12.9. The molecule has 2 fully saturated rings. The van der Waals surface area contributed by atoms with Crippen LogP contribution in [0.2, 0.25) is 10.2 Å². The number of hydrogen-bond donors (Lipinski definition) is 2. The molecule has 0 spiro atoms. The molecule has 2 saturated heterocycles. The second-order valence-corrected chi connectivity index (χ2v) is 6.61. The summed E-state index contributed by atoms with van der Waals surface area (Å²) in [6.07, 6.45) is 1.56.